The third-order valence-corrected chi connectivity index (χ3v) is 8.48. The van der Waals surface area contributed by atoms with Crippen molar-refractivity contribution in [3.05, 3.63) is 11.6 Å². The van der Waals surface area contributed by atoms with E-state index >= 15 is 0 Å². The fourth-order valence-electron chi connectivity index (χ4n) is 5.81. The minimum Gasteiger partial charge on any atom is -0.394 e. The highest BCUT2D eigenvalue weighted by Gasteiger charge is 2.53. The molecular weight excluding hydrogens is 602 g/mol. The second-order valence-corrected chi connectivity index (χ2v) is 11.4. The average Bonchev–Trinajstić information content (AvgIpc) is 3.00. The summed E-state index contributed by atoms with van der Waals surface area (Å²) in [6.07, 6.45) is -26.6. The summed E-state index contributed by atoms with van der Waals surface area (Å²) >= 11 is 0. The van der Waals surface area contributed by atoms with Crippen molar-refractivity contribution in [2.45, 2.75) is 123 Å². The molecule has 1 aliphatic carbocycles. The lowest BCUT2D eigenvalue weighted by Crippen LogP contribution is -2.68. The first-order valence-corrected chi connectivity index (χ1v) is 14.1. The predicted octanol–water partition coefficient (Wildman–Crippen LogP) is -8.56. The summed E-state index contributed by atoms with van der Waals surface area (Å²) in [5, 5.41) is 136. The Morgan fingerprint density at radius 3 is 1.73 bits per heavy atom. The van der Waals surface area contributed by atoms with Crippen LogP contribution < -0.4 is 5.32 Å². The molecule has 0 aromatic carbocycles. The van der Waals surface area contributed by atoms with Crippen LogP contribution in [0.4, 0.5) is 0 Å². The van der Waals surface area contributed by atoms with E-state index in [1.54, 1.807) is 0 Å². The summed E-state index contributed by atoms with van der Waals surface area (Å²) < 4.78 is 27.4. The van der Waals surface area contributed by atoms with E-state index < -0.39 is 136 Å². The molecule has 0 bridgehead atoms. The van der Waals surface area contributed by atoms with Gasteiger partial charge in [0.15, 0.2) is 18.9 Å². The predicted molar refractivity (Wildman–Crippen MR) is 138 cm³/mol. The topological polar surface area (TPSA) is 321 Å². The molecule has 0 saturated carbocycles. The maximum Gasteiger partial charge on any atom is 0.187 e. The van der Waals surface area contributed by atoms with Crippen molar-refractivity contribution in [3.63, 3.8) is 0 Å². The van der Waals surface area contributed by atoms with Gasteiger partial charge in [-0.1, -0.05) is 6.08 Å². The molecule has 3 fully saturated rings. The first-order chi connectivity index (χ1) is 20.7. The molecule has 1 unspecified atom stereocenters. The normalized spacial score (nSPS) is 52.0. The van der Waals surface area contributed by atoms with Gasteiger partial charge in [-0.3, -0.25) is 0 Å². The molecule has 0 spiro atoms. The number of hydrogen-bond acceptors (Lipinski definition) is 19. The molecule has 3 saturated heterocycles. The maximum absolute atomic E-state index is 10.9. The van der Waals surface area contributed by atoms with Crippen LogP contribution in [0, 0.1) is 0 Å². The lowest BCUT2D eigenvalue weighted by atomic mass is 9.86. The van der Waals surface area contributed by atoms with Crippen LogP contribution in [0.15, 0.2) is 11.6 Å². The van der Waals surface area contributed by atoms with Crippen LogP contribution in [0.2, 0.25) is 0 Å². The highest BCUT2D eigenvalue weighted by molar-refractivity contribution is 5.22. The monoisotopic (exact) mass is 645 g/mol. The Balaban J connectivity index is 1.42. The number of rotatable bonds is 9. The molecule has 0 aromatic heterocycles. The highest BCUT2D eigenvalue weighted by atomic mass is 16.7. The second-order valence-electron chi connectivity index (χ2n) is 11.4. The van der Waals surface area contributed by atoms with Gasteiger partial charge in [0.25, 0.3) is 0 Å². The average molecular weight is 646 g/mol. The van der Waals surface area contributed by atoms with Crippen LogP contribution >= 0.6 is 0 Å². The van der Waals surface area contributed by atoms with Crippen molar-refractivity contribution in [1.82, 2.24) is 5.32 Å². The lowest BCUT2D eigenvalue weighted by molar-refractivity contribution is -0.373. The van der Waals surface area contributed by atoms with Crippen molar-refractivity contribution in [1.29, 1.82) is 0 Å². The Morgan fingerprint density at radius 2 is 1.16 bits per heavy atom. The van der Waals surface area contributed by atoms with E-state index in [1.807, 2.05) is 0 Å². The van der Waals surface area contributed by atoms with Gasteiger partial charge in [-0.2, -0.15) is 0 Å². The molecule has 44 heavy (non-hydrogen) atoms. The molecule has 19 heteroatoms. The summed E-state index contributed by atoms with van der Waals surface area (Å²) in [6, 6.07) is -2.17. The van der Waals surface area contributed by atoms with Crippen LogP contribution in [-0.2, 0) is 23.7 Å². The summed E-state index contributed by atoms with van der Waals surface area (Å²) in [5.41, 5.74) is 0.0225. The standard InChI is InChI=1S/C25H43NO18/c1-6-11(26-8-2-7(3-27)12(30)15(33)13(8)31)14(32)19(37)24(40-6)43-22-10(5-29)42-25(20(38)17(22)35)44-21-9(4-28)41-23(39)18(36)16(21)34/h2,6,8-39H,3-5H2,1H3/t6-,8-,9+,10-,11-,12+,13-,14+,15-,16+,17-,18+,19-,20-,21+,22-,23?,24-,25-/m0/s1. The summed E-state index contributed by atoms with van der Waals surface area (Å²) in [6.45, 7) is -0.753. The maximum atomic E-state index is 10.9. The van der Waals surface area contributed by atoms with Crippen LogP contribution in [0.5, 0.6) is 0 Å². The van der Waals surface area contributed by atoms with Gasteiger partial charge in [0.2, 0.25) is 0 Å². The van der Waals surface area contributed by atoms with Gasteiger partial charge < -0.3 is 95.4 Å². The van der Waals surface area contributed by atoms with Crippen LogP contribution in [0.1, 0.15) is 6.92 Å². The van der Waals surface area contributed by atoms with Gasteiger partial charge in [0.05, 0.1) is 38.0 Å². The number of aliphatic hydroxyl groups is 13. The van der Waals surface area contributed by atoms with Crippen molar-refractivity contribution >= 4 is 0 Å². The van der Waals surface area contributed by atoms with Crippen molar-refractivity contribution in [3.8, 4) is 0 Å². The Kier molecular flexibility index (Phi) is 12.1. The van der Waals surface area contributed by atoms with E-state index in [1.165, 1.54) is 13.0 Å². The smallest absolute Gasteiger partial charge is 0.187 e. The van der Waals surface area contributed by atoms with Gasteiger partial charge in [0, 0.05) is 0 Å². The number of aliphatic hydroxyl groups excluding tert-OH is 13. The fraction of sp³-hybridized carbons (Fsp3) is 0.920. The molecule has 14 N–H and O–H groups in total. The van der Waals surface area contributed by atoms with E-state index in [9.17, 15) is 66.4 Å². The van der Waals surface area contributed by atoms with Crippen LogP contribution in [-0.4, -0.2) is 203 Å². The molecule has 0 aromatic rings. The molecule has 0 amide bonds. The van der Waals surface area contributed by atoms with Gasteiger partial charge in [-0.25, -0.2) is 0 Å². The van der Waals surface area contributed by atoms with E-state index in [2.05, 4.69) is 5.32 Å². The second kappa shape index (κ2) is 14.8. The molecule has 256 valence electrons. The quantitative estimate of drug-likeness (QED) is 0.103. The van der Waals surface area contributed by atoms with E-state index in [4.69, 9.17) is 23.7 Å². The Labute approximate surface area is 250 Å². The molecular formula is C25H43NO18. The zero-order valence-corrected chi connectivity index (χ0v) is 23.5. The molecule has 19 nitrogen and oxygen atoms in total. The van der Waals surface area contributed by atoms with E-state index in [-0.39, 0.29) is 5.57 Å². The molecule has 4 aliphatic rings. The molecule has 0 radical (unpaired) electrons. The minimum absolute atomic E-state index is 0.0225. The third-order valence-electron chi connectivity index (χ3n) is 8.48. The Morgan fingerprint density at radius 1 is 0.636 bits per heavy atom. The third kappa shape index (κ3) is 6.96. The van der Waals surface area contributed by atoms with E-state index in [0.717, 1.165) is 0 Å². The van der Waals surface area contributed by atoms with Crippen molar-refractivity contribution < 1.29 is 90.1 Å². The fourth-order valence-corrected chi connectivity index (χ4v) is 5.81. The largest absolute Gasteiger partial charge is 0.394 e. The van der Waals surface area contributed by atoms with Gasteiger partial charge in [0.1, 0.15) is 79.4 Å². The highest BCUT2D eigenvalue weighted by Crippen LogP contribution is 2.32. The molecule has 19 atom stereocenters. The first kappa shape index (κ1) is 35.8. The molecule has 3 heterocycles. The number of nitrogens with one attached hydrogen (secondary N) is 1. The summed E-state index contributed by atoms with van der Waals surface area (Å²) in [5.74, 6) is 0. The zero-order chi connectivity index (χ0) is 32.6. The lowest BCUT2D eigenvalue weighted by Gasteiger charge is -2.48. The van der Waals surface area contributed by atoms with E-state index in [0.29, 0.717) is 0 Å². The summed E-state index contributed by atoms with van der Waals surface area (Å²) in [4.78, 5) is 0. The summed E-state index contributed by atoms with van der Waals surface area (Å²) in [7, 11) is 0. The van der Waals surface area contributed by atoms with Crippen molar-refractivity contribution in [2.24, 2.45) is 0 Å². The van der Waals surface area contributed by atoms with Gasteiger partial charge in [-0.15, -0.1) is 0 Å². The van der Waals surface area contributed by atoms with Gasteiger partial charge >= 0.3 is 0 Å². The number of ether oxygens (including phenoxy) is 5. The van der Waals surface area contributed by atoms with Crippen LogP contribution in [0.25, 0.3) is 0 Å². The number of hydrogen-bond donors (Lipinski definition) is 14. The Hall–Kier alpha value is -1.02. The van der Waals surface area contributed by atoms with Crippen LogP contribution in [0.3, 0.4) is 0 Å². The first-order valence-electron chi connectivity index (χ1n) is 14.1. The minimum atomic E-state index is -1.93. The molecule has 4 rings (SSSR count). The van der Waals surface area contributed by atoms with Crippen molar-refractivity contribution in [2.75, 3.05) is 19.8 Å². The van der Waals surface area contributed by atoms with Gasteiger partial charge in [-0.05, 0) is 12.5 Å². The Bertz CT molecular complexity index is 958. The zero-order valence-electron chi connectivity index (χ0n) is 23.5. The molecule has 3 aliphatic heterocycles. The SMILES string of the molecule is C[C@@H]1O[C@@H](O[C@@H]2[C@@H](O)[C@H](O)[C@H](O[C@H]3[C@H](O)[C@@H](O)C(O)O[C@@H]3CO)O[C@H]2CO)[C@@H](O)[C@H](O)[C@H]1N[C@H]1C=C(CO)[C@@H](O)[C@H](O)[C@H]1O.